The van der Waals surface area contributed by atoms with Crippen molar-refractivity contribution in [2.24, 2.45) is 0 Å². The summed E-state index contributed by atoms with van der Waals surface area (Å²) in [7, 11) is 0. The van der Waals surface area contributed by atoms with Gasteiger partial charge in [-0.15, -0.1) is 0 Å². The first-order valence-corrected chi connectivity index (χ1v) is 6.90. The van der Waals surface area contributed by atoms with Crippen LogP contribution in [-0.2, 0) is 13.0 Å². The SMILES string of the molecule is Cc1ccc(C)c(NCc2cccc3c2NCC3)c1. The number of nitrogens with one attached hydrogen (secondary N) is 2. The second kappa shape index (κ2) is 4.96. The third-order valence-corrected chi connectivity index (χ3v) is 3.80. The molecule has 1 aliphatic rings. The number of fused-ring (bicyclic) bond motifs is 1. The standard InChI is InChI=1S/C17H20N2/c1-12-6-7-13(2)16(10-12)19-11-15-5-3-4-14-8-9-18-17(14)15/h3-7,10,18-19H,8-9,11H2,1-2H3. The Labute approximate surface area is 114 Å². The molecular formula is C17H20N2. The van der Waals surface area contributed by atoms with Crippen LogP contribution in [0.3, 0.4) is 0 Å². The van der Waals surface area contributed by atoms with E-state index < -0.39 is 0 Å². The van der Waals surface area contributed by atoms with Gasteiger partial charge in [-0.3, -0.25) is 0 Å². The van der Waals surface area contributed by atoms with E-state index in [4.69, 9.17) is 0 Å². The zero-order valence-electron chi connectivity index (χ0n) is 11.6. The first-order chi connectivity index (χ1) is 9.24. The van der Waals surface area contributed by atoms with Gasteiger partial charge in [0.2, 0.25) is 0 Å². The van der Waals surface area contributed by atoms with Crippen molar-refractivity contribution in [3.8, 4) is 0 Å². The van der Waals surface area contributed by atoms with Crippen LogP contribution in [0.4, 0.5) is 11.4 Å². The van der Waals surface area contributed by atoms with Crippen molar-refractivity contribution < 1.29 is 0 Å². The summed E-state index contributed by atoms with van der Waals surface area (Å²) >= 11 is 0. The van der Waals surface area contributed by atoms with Gasteiger partial charge in [0.1, 0.15) is 0 Å². The molecule has 0 amide bonds. The van der Waals surface area contributed by atoms with Gasteiger partial charge in [0.05, 0.1) is 0 Å². The molecule has 0 fully saturated rings. The molecule has 0 aliphatic carbocycles. The molecule has 0 unspecified atom stereocenters. The average Bonchev–Trinajstić information content (AvgIpc) is 2.88. The van der Waals surface area contributed by atoms with Crippen LogP contribution in [0.5, 0.6) is 0 Å². The molecule has 0 aromatic heterocycles. The summed E-state index contributed by atoms with van der Waals surface area (Å²) in [5.74, 6) is 0. The molecule has 19 heavy (non-hydrogen) atoms. The van der Waals surface area contributed by atoms with Crippen molar-refractivity contribution in [3.05, 3.63) is 58.7 Å². The molecule has 0 saturated heterocycles. The molecule has 0 saturated carbocycles. The van der Waals surface area contributed by atoms with Gasteiger partial charge in [-0.2, -0.15) is 0 Å². The summed E-state index contributed by atoms with van der Waals surface area (Å²) in [5, 5.41) is 7.05. The first-order valence-electron chi connectivity index (χ1n) is 6.90. The van der Waals surface area contributed by atoms with E-state index in [0.717, 1.165) is 19.5 Å². The van der Waals surface area contributed by atoms with Crippen molar-refractivity contribution in [3.63, 3.8) is 0 Å². The molecule has 1 heterocycles. The molecule has 0 atom stereocenters. The summed E-state index contributed by atoms with van der Waals surface area (Å²) in [6, 6.07) is 13.1. The third-order valence-electron chi connectivity index (χ3n) is 3.80. The van der Waals surface area contributed by atoms with Gasteiger partial charge in [0.25, 0.3) is 0 Å². The molecule has 2 nitrogen and oxygen atoms in total. The smallest absolute Gasteiger partial charge is 0.0424 e. The number of benzene rings is 2. The Morgan fingerprint density at radius 1 is 1.16 bits per heavy atom. The van der Waals surface area contributed by atoms with E-state index >= 15 is 0 Å². The normalized spacial score (nSPS) is 12.9. The second-order valence-corrected chi connectivity index (χ2v) is 5.30. The monoisotopic (exact) mass is 252 g/mol. The van der Waals surface area contributed by atoms with E-state index in [-0.39, 0.29) is 0 Å². The predicted molar refractivity (Wildman–Crippen MR) is 81.9 cm³/mol. The fourth-order valence-electron chi connectivity index (χ4n) is 2.67. The molecule has 98 valence electrons. The Balaban J connectivity index is 1.80. The highest BCUT2D eigenvalue weighted by atomic mass is 14.9. The van der Waals surface area contributed by atoms with Crippen molar-refractivity contribution in [2.45, 2.75) is 26.8 Å². The molecule has 1 aliphatic heterocycles. The Hall–Kier alpha value is -1.96. The Kier molecular flexibility index (Phi) is 3.16. The average molecular weight is 252 g/mol. The van der Waals surface area contributed by atoms with Gasteiger partial charge in [-0.05, 0) is 48.6 Å². The fourth-order valence-corrected chi connectivity index (χ4v) is 2.67. The lowest BCUT2D eigenvalue weighted by atomic mass is 10.1. The molecular weight excluding hydrogens is 232 g/mol. The Morgan fingerprint density at radius 3 is 2.95 bits per heavy atom. The van der Waals surface area contributed by atoms with Crippen LogP contribution in [0.25, 0.3) is 0 Å². The maximum Gasteiger partial charge on any atom is 0.0424 e. The molecule has 3 rings (SSSR count). The largest absolute Gasteiger partial charge is 0.384 e. The maximum absolute atomic E-state index is 3.56. The van der Waals surface area contributed by atoms with Gasteiger partial charge in [-0.1, -0.05) is 30.3 Å². The highest BCUT2D eigenvalue weighted by Crippen LogP contribution is 2.27. The van der Waals surface area contributed by atoms with Crippen molar-refractivity contribution in [1.29, 1.82) is 0 Å². The van der Waals surface area contributed by atoms with Crippen LogP contribution in [0.2, 0.25) is 0 Å². The minimum Gasteiger partial charge on any atom is -0.384 e. The van der Waals surface area contributed by atoms with Gasteiger partial charge in [0, 0.05) is 24.5 Å². The fraction of sp³-hybridized carbons (Fsp3) is 0.294. The van der Waals surface area contributed by atoms with E-state index in [9.17, 15) is 0 Å². The number of rotatable bonds is 3. The summed E-state index contributed by atoms with van der Waals surface area (Å²) in [4.78, 5) is 0. The Morgan fingerprint density at radius 2 is 2.05 bits per heavy atom. The van der Waals surface area contributed by atoms with Crippen LogP contribution in [0.15, 0.2) is 36.4 Å². The number of hydrogen-bond acceptors (Lipinski definition) is 2. The highest BCUT2D eigenvalue weighted by Gasteiger charge is 2.13. The van der Waals surface area contributed by atoms with Crippen molar-refractivity contribution in [1.82, 2.24) is 0 Å². The summed E-state index contributed by atoms with van der Waals surface area (Å²) in [6.45, 7) is 6.22. The van der Waals surface area contributed by atoms with Gasteiger partial charge >= 0.3 is 0 Å². The molecule has 2 N–H and O–H groups in total. The lowest BCUT2D eigenvalue weighted by Gasteiger charge is -2.13. The molecule has 0 spiro atoms. The minimum absolute atomic E-state index is 0.875. The topological polar surface area (TPSA) is 24.1 Å². The van der Waals surface area contributed by atoms with Crippen molar-refractivity contribution in [2.75, 3.05) is 17.2 Å². The quantitative estimate of drug-likeness (QED) is 0.866. The van der Waals surface area contributed by atoms with E-state index in [1.807, 2.05) is 0 Å². The van der Waals surface area contributed by atoms with E-state index in [0.29, 0.717) is 0 Å². The lowest BCUT2D eigenvalue weighted by molar-refractivity contribution is 1.11. The summed E-state index contributed by atoms with van der Waals surface area (Å²) in [6.07, 6.45) is 1.15. The van der Waals surface area contributed by atoms with Gasteiger partial charge in [-0.25, -0.2) is 0 Å². The van der Waals surface area contributed by atoms with Crippen LogP contribution < -0.4 is 10.6 Å². The molecule has 0 radical (unpaired) electrons. The predicted octanol–water partition coefficient (Wildman–Crippen LogP) is 3.88. The van der Waals surface area contributed by atoms with Crippen molar-refractivity contribution >= 4 is 11.4 Å². The number of para-hydroxylation sites is 1. The van der Waals surface area contributed by atoms with Gasteiger partial charge in [0.15, 0.2) is 0 Å². The summed E-state index contributed by atoms with van der Waals surface area (Å²) < 4.78 is 0. The minimum atomic E-state index is 0.875. The third kappa shape index (κ3) is 2.43. The van der Waals surface area contributed by atoms with Crippen LogP contribution >= 0.6 is 0 Å². The molecule has 0 bridgehead atoms. The van der Waals surface area contributed by atoms with E-state index in [2.05, 4.69) is 60.9 Å². The zero-order chi connectivity index (χ0) is 13.2. The Bertz CT molecular complexity index is 602. The molecule has 2 heteroatoms. The zero-order valence-corrected chi connectivity index (χ0v) is 11.6. The molecule has 2 aromatic carbocycles. The van der Waals surface area contributed by atoms with Crippen LogP contribution in [0, 0.1) is 13.8 Å². The highest BCUT2D eigenvalue weighted by molar-refractivity contribution is 5.62. The number of aryl methyl sites for hydroxylation is 2. The van der Waals surface area contributed by atoms with Crippen LogP contribution in [-0.4, -0.2) is 6.54 Å². The second-order valence-electron chi connectivity index (χ2n) is 5.30. The van der Waals surface area contributed by atoms with E-state index in [1.54, 1.807) is 0 Å². The van der Waals surface area contributed by atoms with E-state index in [1.165, 1.54) is 33.6 Å². The molecule has 2 aromatic rings. The van der Waals surface area contributed by atoms with Gasteiger partial charge < -0.3 is 10.6 Å². The summed E-state index contributed by atoms with van der Waals surface area (Å²) in [5.41, 5.74) is 7.96. The number of anilines is 2. The maximum atomic E-state index is 3.56. The first kappa shape index (κ1) is 12.1. The number of hydrogen-bond donors (Lipinski definition) is 2. The lowest BCUT2D eigenvalue weighted by Crippen LogP contribution is -2.04. The van der Waals surface area contributed by atoms with Crippen LogP contribution in [0.1, 0.15) is 22.3 Å².